The average molecular weight is 321 g/mol. The molecule has 4 nitrogen and oxygen atoms in total. The summed E-state index contributed by atoms with van der Waals surface area (Å²) >= 11 is 0. The normalized spacial score (nSPS) is 14.3. The van der Waals surface area contributed by atoms with Crippen molar-refractivity contribution in [2.24, 2.45) is 11.7 Å². The van der Waals surface area contributed by atoms with Crippen molar-refractivity contribution >= 4 is 22.4 Å². The van der Waals surface area contributed by atoms with Crippen molar-refractivity contribution in [2.45, 2.75) is 32.7 Å². The van der Waals surface area contributed by atoms with Gasteiger partial charge in [0.25, 0.3) is 0 Å². The predicted octanol–water partition coefficient (Wildman–Crippen LogP) is 2.46. The Hall–Kier alpha value is -0.620. The quantitative estimate of drug-likeness (QED) is 0.773. The van der Waals surface area contributed by atoms with Crippen molar-refractivity contribution < 1.29 is 8.42 Å². The minimum Gasteiger partial charge on any atom is -0.323 e. The molecule has 0 fully saturated rings. The molecule has 0 aromatic heterocycles. The summed E-state index contributed by atoms with van der Waals surface area (Å²) in [5.41, 5.74) is 6.90. The SMILES string of the molecule is CCCC(C)CS(=O)(=O)NCC(N)c1ccccc1.Cl. The van der Waals surface area contributed by atoms with Crippen LogP contribution in [0.2, 0.25) is 0 Å². The average Bonchev–Trinajstić information content (AvgIpc) is 2.37. The molecule has 0 heterocycles. The van der Waals surface area contributed by atoms with Gasteiger partial charge in [0.05, 0.1) is 5.75 Å². The van der Waals surface area contributed by atoms with Crippen molar-refractivity contribution in [1.29, 1.82) is 0 Å². The molecule has 0 aliphatic carbocycles. The number of nitrogens with one attached hydrogen (secondary N) is 1. The van der Waals surface area contributed by atoms with E-state index in [2.05, 4.69) is 11.6 Å². The van der Waals surface area contributed by atoms with E-state index in [9.17, 15) is 8.42 Å². The number of rotatable bonds is 8. The van der Waals surface area contributed by atoms with Crippen molar-refractivity contribution in [3.63, 3.8) is 0 Å². The summed E-state index contributed by atoms with van der Waals surface area (Å²) in [4.78, 5) is 0. The molecule has 0 aliphatic heterocycles. The number of halogens is 1. The third kappa shape index (κ3) is 7.24. The molecule has 1 aromatic carbocycles. The van der Waals surface area contributed by atoms with Gasteiger partial charge in [0.1, 0.15) is 0 Å². The van der Waals surface area contributed by atoms with Gasteiger partial charge in [-0.05, 0) is 17.9 Å². The first-order valence-electron chi connectivity index (χ1n) is 6.72. The predicted molar refractivity (Wildman–Crippen MR) is 86.5 cm³/mol. The van der Waals surface area contributed by atoms with Crippen LogP contribution in [0.4, 0.5) is 0 Å². The Labute approximate surface area is 128 Å². The summed E-state index contributed by atoms with van der Waals surface area (Å²) in [6, 6.07) is 9.20. The zero-order valence-corrected chi connectivity index (χ0v) is 13.7. The maximum absolute atomic E-state index is 11.9. The van der Waals surface area contributed by atoms with Crippen LogP contribution < -0.4 is 10.5 Å². The molecule has 0 saturated carbocycles. The van der Waals surface area contributed by atoms with E-state index in [1.165, 1.54) is 0 Å². The number of hydrogen-bond acceptors (Lipinski definition) is 3. The van der Waals surface area contributed by atoms with E-state index in [1.807, 2.05) is 37.3 Å². The zero-order chi connectivity index (χ0) is 14.3. The zero-order valence-electron chi connectivity index (χ0n) is 12.1. The monoisotopic (exact) mass is 320 g/mol. The van der Waals surface area contributed by atoms with Gasteiger partial charge in [-0.1, -0.05) is 50.6 Å². The standard InChI is InChI=1S/C14H24N2O2S.ClH/c1-3-7-12(2)11-19(17,18)16-10-14(15)13-8-5-4-6-9-13;/h4-6,8-9,12,14,16H,3,7,10-11,15H2,1-2H3;1H. The molecule has 2 unspecified atom stereocenters. The van der Waals surface area contributed by atoms with Gasteiger partial charge in [-0.3, -0.25) is 0 Å². The van der Waals surface area contributed by atoms with Crippen LogP contribution in [0.15, 0.2) is 30.3 Å². The second-order valence-corrected chi connectivity index (χ2v) is 6.89. The minimum atomic E-state index is -3.24. The van der Waals surface area contributed by atoms with Crippen LogP contribution >= 0.6 is 12.4 Å². The van der Waals surface area contributed by atoms with E-state index in [0.29, 0.717) is 0 Å². The summed E-state index contributed by atoms with van der Waals surface area (Å²) in [5, 5.41) is 0. The van der Waals surface area contributed by atoms with E-state index in [-0.39, 0.29) is 36.7 Å². The molecule has 1 aromatic rings. The molecular weight excluding hydrogens is 296 g/mol. The van der Waals surface area contributed by atoms with Crippen LogP contribution in [0, 0.1) is 5.92 Å². The van der Waals surface area contributed by atoms with Gasteiger partial charge in [0.15, 0.2) is 0 Å². The second kappa shape index (κ2) is 9.34. The molecule has 0 saturated heterocycles. The fraction of sp³-hybridized carbons (Fsp3) is 0.571. The van der Waals surface area contributed by atoms with Gasteiger partial charge < -0.3 is 5.73 Å². The summed E-state index contributed by atoms with van der Waals surface area (Å²) in [6.45, 7) is 4.26. The van der Waals surface area contributed by atoms with Gasteiger partial charge in [-0.15, -0.1) is 12.4 Å². The van der Waals surface area contributed by atoms with Crippen LogP contribution in [0.5, 0.6) is 0 Å². The molecule has 1 rings (SSSR count). The Balaban J connectivity index is 0.00000361. The maximum Gasteiger partial charge on any atom is 0.211 e. The van der Waals surface area contributed by atoms with E-state index in [1.54, 1.807) is 0 Å². The summed E-state index contributed by atoms with van der Waals surface area (Å²) in [5.74, 6) is 0.345. The highest BCUT2D eigenvalue weighted by Gasteiger charge is 2.16. The highest BCUT2D eigenvalue weighted by molar-refractivity contribution is 7.89. The molecule has 2 atom stereocenters. The lowest BCUT2D eigenvalue weighted by Crippen LogP contribution is -2.35. The van der Waals surface area contributed by atoms with Crippen LogP contribution in [0.1, 0.15) is 38.3 Å². The van der Waals surface area contributed by atoms with Crippen LogP contribution in [0.25, 0.3) is 0 Å². The Kier molecular flexibility index (Phi) is 9.05. The summed E-state index contributed by atoms with van der Waals surface area (Å²) in [7, 11) is -3.24. The van der Waals surface area contributed by atoms with Crippen molar-refractivity contribution in [2.75, 3.05) is 12.3 Å². The lowest BCUT2D eigenvalue weighted by atomic mass is 10.1. The van der Waals surface area contributed by atoms with Crippen LogP contribution in [-0.2, 0) is 10.0 Å². The lowest BCUT2D eigenvalue weighted by Gasteiger charge is -2.15. The van der Waals surface area contributed by atoms with E-state index in [4.69, 9.17) is 5.73 Å². The third-order valence-electron chi connectivity index (χ3n) is 3.04. The van der Waals surface area contributed by atoms with E-state index < -0.39 is 10.0 Å². The Bertz CT molecular complexity index is 465. The van der Waals surface area contributed by atoms with Crippen molar-refractivity contribution in [3.8, 4) is 0 Å². The smallest absolute Gasteiger partial charge is 0.211 e. The molecule has 0 spiro atoms. The molecule has 116 valence electrons. The van der Waals surface area contributed by atoms with E-state index >= 15 is 0 Å². The van der Waals surface area contributed by atoms with Gasteiger partial charge in [0, 0.05) is 12.6 Å². The Morgan fingerprint density at radius 2 is 1.85 bits per heavy atom. The molecule has 3 N–H and O–H groups in total. The molecule has 0 radical (unpaired) electrons. The minimum absolute atomic E-state index is 0. The fourth-order valence-electron chi connectivity index (χ4n) is 2.04. The highest BCUT2D eigenvalue weighted by atomic mass is 35.5. The van der Waals surface area contributed by atoms with Crippen LogP contribution in [0.3, 0.4) is 0 Å². The van der Waals surface area contributed by atoms with Gasteiger partial charge >= 0.3 is 0 Å². The fourth-order valence-corrected chi connectivity index (χ4v) is 3.51. The maximum atomic E-state index is 11.9. The number of nitrogens with two attached hydrogens (primary N) is 1. The van der Waals surface area contributed by atoms with Gasteiger partial charge in [0.2, 0.25) is 10.0 Å². The molecule has 20 heavy (non-hydrogen) atoms. The topological polar surface area (TPSA) is 72.2 Å². The van der Waals surface area contributed by atoms with Crippen molar-refractivity contribution in [3.05, 3.63) is 35.9 Å². The van der Waals surface area contributed by atoms with Gasteiger partial charge in [-0.2, -0.15) is 0 Å². The first kappa shape index (κ1) is 19.4. The summed E-state index contributed by atoms with van der Waals surface area (Å²) < 4.78 is 26.4. The number of sulfonamides is 1. The van der Waals surface area contributed by atoms with E-state index in [0.717, 1.165) is 18.4 Å². The Morgan fingerprint density at radius 3 is 2.40 bits per heavy atom. The Morgan fingerprint density at radius 1 is 1.25 bits per heavy atom. The lowest BCUT2D eigenvalue weighted by molar-refractivity contribution is 0.532. The van der Waals surface area contributed by atoms with Gasteiger partial charge in [-0.25, -0.2) is 13.1 Å². The number of hydrogen-bond donors (Lipinski definition) is 2. The highest BCUT2D eigenvalue weighted by Crippen LogP contribution is 2.10. The number of benzene rings is 1. The third-order valence-corrected chi connectivity index (χ3v) is 4.65. The molecule has 0 bridgehead atoms. The first-order chi connectivity index (χ1) is 8.94. The molecule has 0 amide bonds. The first-order valence-corrected chi connectivity index (χ1v) is 8.37. The van der Waals surface area contributed by atoms with Crippen LogP contribution in [-0.4, -0.2) is 20.7 Å². The second-order valence-electron chi connectivity index (χ2n) is 5.04. The largest absolute Gasteiger partial charge is 0.323 e. The molecular formula is C14H25ClN2O2S. The molecule has 0 aliphatic rings. The molecule has 6 heteroatoms. The van der Waals surface area contributed by atoms with Crippen molar-refractivity contribution in [1.82, 2.24) is 4.72 Å². The summed E-state index contributed by atoms with van der Waals surface area (Å²) in [6.07, 6.45) is 1.92.